The molecule has 94 valence electrons. The topological polar surface area (TPSA) is 20.3 Å². The zero-order chi connectivity index (χ0) is 12.7. The third kappa shape index (κ3) is 5.55. The first-order valence-corrected chi connectivity index (χ1v) is 7.18. The number of hydrogen-bond donors (Lipinski definition) is 0. The van der Waals surface area contributed by atoms with E-state index in [-0.39, 0.29) is 5.91 Å². The van der Waals surface area contributed by atoms with Crippen LogP contribution in [0.1, 0.15) is 24.8 Å². The molecular weight excluding hydrogens is 302 g/mol. The van der Waals surface area contributed by atoms with Gasteiger partial charge in [0, 0.05) is 30.4 Å². The van der Waals surface area contributed by atoms with Crippen LogP contribution in [0.15, 0.2) is 24.3 Å². The fourth-order valence-electron chi connectivity index (χ4n) is 1.51. The van der Waals surface area contributed by atoms with Gasteiger partial charge < -0.3 is 4.90 Å². The number of unbranched alkanes of at least 4 members (excludes halogenated alkanes) is 1. The van der Waals surface area contributed by atoms with Gasteiger partial charge in [0.2, 0.25) is 5.91 Å². The van der Waals surface area contributed by atoms with Gasteiger partial charge in [-0.1, -0.05) is 39.7 Å². The van der Waals surface area contributed by atoms with Gasteiger partial charge in [-0.05, 0) is 30.5 Å². The lowest BCUT2D eigenvalue weighted by atomic mass is 10.2. The van der Waals surface area contributed by atoms with Crippen LogP contribution in [0.5, 0.6) is 0 Å². The predicted octanol–water partition coefficient (Wildman–Crippen LogP) is 3.86. The van der Waals surface area contributed by atoms with Gasteiger partial charge in [0.1, 0.15) is 0 Å². The molecule has 4 heteroatoms. The van der Waals surface area contributed by atoms with E-state index in [9.17, 15) is 4.79 Å². The number of benzene rings is 1. The number of amides is 1. The molecule has 0 bridgehead atoms. The Bertz CT molecular complexity index is 353. The molecule has 0 heterocycles. The van der Waals surface area contributed by atoms with Crippen LogP contribution >= 0.6 is 27.5 Å². The quantitative estimate of drug-likeness (QED) is 0.576. The maximum Gasteiger partial charge on any atom is 0.222 e. The molecule has 1 amide bonds. The van der Waals surface area contributed by atoms with E-state index in [4.69, 9.17) is 11.6 Å². The molecule has 1 rings (SSSR count). The summed E-state index contributed by atoms with van der Waals surface area (Å²) in [5.74, 6) is 0.195. The van der Waals surface area contributed by atoms with Crippen LogP contribution in [-0.4, -0.2) is 23.2 Å². The summed E-state index contributed by atoms with van der Waals surface area (Å²) in [6, 6.07) is 7.59. The van der Waals surface area contributed by atoms with E-state index in [1.54, 1.807) is 4.90 Å². The highest BCUT2D eigenvalue weighted by atomic mass is 79.9. The van der Waals surface area contributed by atoms with E-state index in [0.29, 0.717) is 13.0 Å². The summed E-state index contributed by atoms with van der Waals surface area (Å²) in [6.07, 6.45) is 2.60. The summed E-state index contributed by atoms with van der Waals surface area (Å²) >= 11 is 9.17. The number of hydrogen-bond acceptors (Lipinski definition) is 1. The Balaban J connectivity index is 2.40. The molecule has 0 saturated heterocycles. The molecule has 0 aliphatic heterocycles. The van der Waals surface area contributed by atoms with Gasteiger partial charge in [-0.25, -0.2) is 0 Å². The minimum Gasteiger partial charge on any atom is -0.341 e. The lowest BCUT2D eigenvalue weighted by Gasteiger charge is -2.17. The summed E-state index contributed by atoms with van der Waals surface area (Å²) in [7, 11) is 1.84. The Morgan fingerprint density at radius 1 is 1.29 bits per heavy atom. The molecule has 0 fully saturated rings. The van der Waals surface area contributed by atoms with E-state index in [1.807, 2.05) is 31.3 Å². The van der Waals surface area contributed by atoms with Crippen LogP contribution < -0.4 is 0 Å². The Morgan fingerprint density at radius 3 is 2.53 bits per heavy atom. The van der Waals surface area contributed by atoms with Crippen molar-refractivity contribution in [1.29, 1.82) is 0 Å². The summed E-state index contributed by atoms with van der Waals surface area (Å²) in [5, 5.41) is 1.68. The maximum absolute atomic E-state index is 11.8. The Hall–Kier alpha value is -0.540. The molecule has 1 aromatic rings. The van der Waals surface area contributed by atoms with Crippen molar-refractivity contribution in [1.82, 2.24) is 4.90 Å². The number of halogens is 2. The van der Waals surface area contributed by atoms with E-state index < -0.39 is 0 Å². The Morgan fingerprint density at radius 2 is 1.94 bits per heavy atom. The molecule has 0 saturated carbocycles. The second kappa shape index (κ2) is 7.72. The largest absolute Gasteiger partial charge is 0.341 e. The maximum atomic E-state index is 11.8. The first kappa shape index (κ1) is 14.5. The first-order valence-electron chi connectivity index (χ1n) is 5.68. The van der Waals surface area contributed by atoms with Crippen LogP contribution in [0.25, 0.3) is 0 Å². The SMILES string of the molecule is CN(Cc1ccc(Cl)cc1)C(=O)CCCCBr. The third-order valence-corrected chi connectivity index (χ3v) is 3.35. The average molecular weight is 319 g/mol. The van der Waals surface area contributed by atoms with Crippen molar-refractivity contribution in [2.45, 2.75) is 25.8 Å². The van der Waals surface area contributed by atoms with Crippen LogP contribution in [0.3, 0.4) is 0 Å². The normalized spacial score (nSPS) is 10.3. The van der Waals surface area contributed by atoms with E-state index in [1.165, 1.54) is 0 Å². The molecule has 2 nitrogen and oxygen atoms in total. The van der Waals surface area contributed by atoms with Gasteiger partial charge in [-0.15, -0.1) is 0 Å². The molecule has 0 aromatic heterocycles. The molecule has 0 atom stereocenters. The molecule has 0 unspecified atom stereocenters. The smallest absolute Gasteiger partial charge is 0.222 e. The van der Waals surface area contributed by atoms with Crippen molar-refractivity contribution in [3.05, 3.63) is 34.9 Å². The summed E-state index contributed by atoms with van der Waals surface area (Å²) in [6.45, 7) is 0.643. The fraction of sp³-hybridized carbons (Fsp3) is 0.462. The second-order valence-electron chi connectivity index (χ2n) is 4.02. The summed E-state index contributed by atoms with van der Waals surface area (Å²) < 4.78 is 0. The zero-order valence-corrected chi connectivity index (χ0v) is 12.3. The number of carbonyl (C=O) groups is 1. The van der Waals surface area contributed by atoms with Crippen molar-refractivity contribution in [2.24, 2.45) is 0 Å². The predicted molar refractivity (Wildman–Crippen MR) is 75.6 cm³/mol. The van der Waals surface area contributed by atoms with E-state index in [2.05, 4.69) is 15.9 Å². The summed E-state index contributed by atoms with van der Waals surface area (Å²) in [4.78, 5) is 13.5. The van der Waals surface area contributed by atoms with Gasteiger partial charge >= 0.3 is 0 Å². The van der Waals surface area contributed by atoms with Crippen molar-refractivity contribution < 1.29 is 4.79 Å². The van der Waals surface area contributed by atoms with Crippen molar-refractivity contribution >= 4 is 33.4 Å². The van der Waals surface area contributed by atoms with Crippen LogP contribution in [0.4, 0.5) is 0 Å². The molecule has 0 aliphatic carbocycles. The molecular formula is C13H17BrClNO. The number of nitrogens with zero attached hydrogens (tertiary/aromatic N) is 1. The molecule has 0 spiro atoms. The number of rotatable bonds is 6. The number of carbonyl (C=O) groups excluding carboxylic acids is 1. The fourth-order valence-corrected chi connectivity index (χ4v) is 2.04. The Kier molecular flexibility index (Phi) is 6.60. The lowest BCUT2D eigenvalue weighted by molar-refractivity contribution is -0.130. The molecule has 17 heavy (non-hydrogen) atoms. The second-order valence-corrected chi connectivity index (χ2v) is 5.25. The van der Waals surface area contributed by atoms with E-state index in [0.717, 1.165) is 28.8 Å². The monoisotopic (exact) mass is 317 g/mol. The van der Waals surface area contributed by atoms with Gasteiger partial charge in [0.15, 0.2) is 0 Å². The van der Waals surface area contributed by atoms with Gasteiger partial charge in [0.05, 0.1) is 0 Å². The number of alkyl halides is 1. The first-order chi connectivity index (χ1) is 8.13. The van der Waals surface area contributed by atoms with Gasteiger partial charge in [-0.2, -0.15) is 0 Å². The average Bonchev–Trinajstić information content (AvgIpc) is 2.32. The highest BCUT2D eigenvalue weighted by Crippen LogP contribution is 2.11. The minimum absolute atomic E-state index is 0.195. The van der Waals surface area contributed by atoms with E-state index >= 15 is 0 Å². The molecule has 0 aliphatic rings. The van der Waals surface area contributed by atoms with Gasteiger partial charge in [0.25, 0.3) is 0 Å². The highest BCUT2D eigenvalue weighted by molar-refractivity contribution is 9.09. The van der Waals surface area contributed by atoms with Crippen molar-refractivity contribution in [2.75, 3.05) is 12.4 Å². The lowest BCUT2D eigenvalue weighted by Crippen LogP contribution is -2.25. The molecule has 1 aromatic carbocycles. The van der Waals surface area contributed by atoms with Crippen LogP contribution in [0, 0.1) is 0 Å². The summed E-state index contributed by atoms with van der Waals surface area (Å²) in [5.41, 5.74) is 1.10. The highest BCUT2D eigenvalue weighted by Gasteiger charge is 2.08. The standard InChI is InChI=1S/C13H17BrClNO/c1-16(13(17)4-2-3-9-14)10-11-5-7-12(15)8-6-11/h5-8H,2-4,9-10H2,1H3. The van der Waals surface area contributed by atoms with Crippen molar-refractivity contribution in [3.63, 3.8) is 0 Å². The van der Waals surface area contributed by atoms with Crippen LogP contribution in [0.2, 0.25) is 5.02 Å². The third-order valence-electron chi connectivity index (χ3n) is 2.53. The van der Waals surface area contributed by atoms with Gasteiger partial charge in [-0.3, -0.25) is 4.79 Å². The minimum atomic E-state index is 0.195. The zero-order valence-electron chi connectivity index (χ0n) is 9.96. The van der Waals surface area contributed by atoms with Crippen LogP contribution in [-0.2, 0) is 11.3 Å². The van der Waals surface area contributed by atoms with Crippen molar-refractivity contribution in [3.8, 4) is 0 Å². The molecule has 0 radical (unpaired) electrons. The Labute approximate surface area is 116 Å². The molecule has 0 N–H and O–H groups in total.